The predicted octanol–water partition coefficient (Wildman–Crippen LogP) is 7.09. The van der Waals surface area contributed by atoms with Crippen LogP contribution in [0.5, 0.6) is 0 Å². The minimum Gasteiger partial charge on any atom is -0.399 e. The average molecular weight is 628 g/mol. The monoisotopic (exact) mass is 627 g/mol. The number of likely N-dealkylation sites (N-methyl/N-ethyl adjacent to an activating group) is 1. The molecule has 3 fully saturated rings. The Bertz CT molecular complexity index is 1650. The highest BCUT2D eigenvalue weighted by Crippen LogP contribution is 2.40. The van der Waals surface area contributed by atoms with Crippen LogP contribution in [-0.4, -0.2) is 85.2 Å². The van der Waals surface area contributed by atoms with Gasteiger partial charge >= 0.3 is 0 Å². The lowest BCUT2D eigenvalue weighted by Gasteiger charge is -2.31. The molecule has 4 aliphatic heterocycles. The van der Waals surface area contributed by atoms with Gasteiger partial charge in [0.1, 0.15) is 23.0 Å². The van der Waals surface area contributed by atoms with Gasteiger partial charge < -0.3 is 15.5 Å². The third-order valence-corrected chi connectivity index (χ3v) is 9.77. The summed E-state index contributed by atoms with van der Waals surface area (Å²) in [6.07, 6.45) is 6.82. The molecule has 46 heavy (non-hydrogen) atoms. The molecular weight excluding hydrogens is 580 g/mol. The SMILES string of the molecule is C=N/C(=C1/C=NC(c2cccc3cccc(F)c23)=C(F)C1=NCC12CCCN1CCC2)N1CCCN(C)/C(=C(/C)C(=C)N)C1.CC. The second-order valence-electron chi connectivity index (χ2n) is 12.3. The van der Waals surface area contributed by atoms with Gasteiger partial charge in [0.2, 0.25) is 0 Å². The zero-order chi connectivity index (χ0) is 33.0. The molecule has 4 aliphatic rings. The molecule has 0 atom stereocenters. The second-order valence-corrected chi connectivity index (χ2v) is 12.3. The molecule has 9 heteroatoms. The van der Waals surface area contributed by atoms with Gasteiger partial charge in [0.05, 0.1) is 18.7 Å². The van der Waals surface area contributed by atoms with Crippen molar-refractivity contribution in [1.82, 2.24) is 14.7 Å². The van der Waals surface area contributed by atoms with Gasteiger partial charge in [-0.15, -0.1) is 0 Å². The summed E-state index contributed by atoms with van der Waals surface area (Å²) < 4.78 is 32.1. The highest BCUT2D eigenvalue weighted by atomic mass is 19.1. The summed E-state index contributed by atoms with van der Waals surface area (Å²) in [7, 11) is 2.04. The Labute approximate surface area is 272 Å². The van der Waals surface area contributed by atoms with Crippen molar-refractivity contribution in [2.24, 2.45) is 20.7 Å². The van der Waals surface area contributed by atoms with Crippen LogP contribution in [0.4, 0.5) is 8.78 Å². The van der Waals surface area contributed by atoms with Crippen LogP contribution in [-0.2, 0) is 0 Å². The highest BCUT2D eigenvalue weighted by molar-refractivity contribution is 6.29. The third kappa shape index (κ3) is 6.17. The Balaban J connectivity index is 0.00000204. The number of nitrogens with zero attached hydrogens (tertiary/aromatic N) is 6. The first-order chi connectivity index (χ1) is 22.2. The fraction of sp³-hybridized carbons (Fsp3) is 0.432. The van der Waals surface area contributed by atoms with E-state index in [1.54, 1.807) is 24.4 Å². The molecule has 2 N–H and O–H groups in total. The Hall–Kier alpha value is -4.11. The summed E-state index contributed by atoms with van der Waals surface area (Å²) in [5.41, 5.74) is 9.64. The lowest BCUT2D eigenvalue weighted by atomic mass is 9.93. The minimum atomic E-state index is -0.576. The fourth-order valence-corrected chi connectivity index (χ4v) is 7.33. The molecule has 0 aromatic heterocycles. The van der Waals surface area contributed by atoms with E-state index >= 15 is 8.78 Å². The summed E-state index contributed by atoms with van der Waals surface area (Å²) in [6, 6.07) is 10.2. The molecule has 0 amide bonds. The number of halogens is 2. The van der Waals surface area contributed by atoms with Gasteiger partial charge in [-0.2, -0.15) is 0 Å². The predicted molar refractivity (Wildman–Crippen MR) is 188 cm³/mol. The molecule has 244 valence electrons. The van der Waals surface area contributed by atoms with Crippen molar-refractivity contribution in [3.8, 4) is 0 Å². The summed E-state index contributed by atoms with van der Waals surface area (Å²) in [5, 5.41) is 1.02. The minimum absolute atomic E-state index is 0.0553. The quantitative estimate of drug-likeness (QED) is 0.347. The molecule has 0 unspecified atom stereocenters. The lowest BCUT2D eigenvalue weighted by Crippen LogP contribution is -2.41. The third-order valence-electron chi connectivity index (χ3n) is 9.77. The summed E-state index contributed by atoms with van der Waals surface area (Å²) in [6.45, 7) is 18.4. The number of rotatable bonds is 6. The number of hydrogen-bond donors (Lipinski definition) is 1. The van der Waals surface area contributed by atoms with Crippen LogP contribution >= 0.6 is 0 Å². The maximum Gasteiger partial charge on any atom is 0.175 e. The molecule has 2 aromatic carbocycles. The van der Waals surface area contributed by atoms with Crippen molar-refractivity contribution in [1.29, 1.82) is 0 Å². The van der Waals surface area contributed by atoms with E-state index in [0.29, 0.717) is 53.1 Å². The fourth-order valence-electron chi connectivity index (χ4n) is 7.33. The van der Waals surface area contributed by atoms with Crippen LogP contribution in [0.3, 0.4) is 0 Å². The zero-order valence-corrected chi connectivity index (χ0v) is 27.8. The maximum atomic E-state index is 17.0. The lowest BCUT2D eigenvalue weighted by molar-refractivity contribution is 0.204. The Morgan fingerprint density at radius 3 is 2.39 bits per heavy atom. The molecule has 7 nitrogen and oxygen atoms in total. The molecule has 0 bridgehead atoms. The molecule has 3 saturated heterocycles. The molecular formula is C37H47F2N7. The first-order valence-corrected chi connectivity index (χ1v) is 16.5. The normalized spacial score (nSPS) is 22.9. The summed E-state index contributed by atoms with van der Waals surface area (Å²) in [4.78, 5) is 20.9. The van der Waals surface area contributed by atoms with Crippen LogP contribution in [0.15, 0.2) is 92.1 Å². The highest BCUT2D eigenvalue weighted by Gasteiger charge is 2.44. The van der Waals surface area contributed by atoms with Gasteiger partial charge in [-0.3, -0.25) is 14.9 Å². The number of hydrogen-bond acceptors (Lipinski definition) is 7. The van der Waals surface area contributed by atoms with Crippen LogP contribution in [0, 0.1) is 5.82 Å². The van der Waals surface area contributed by atoms with Crippen LogP contribution < -0.4 is 5.73 Å². The van der Waals surface area contributed by atoms with E-state index in [1.165, 1.54) is 6.07 Å². The molecule has 0 aliphatic carbocycles. The van der Waals surface area contributed by atoms with Crippen molar-refractivity contribution in [3.63, 3.8) is 0 Å². The topological polar surface area (TPSA) is 72.8 Å². The zero-order valence-electron chi connectivity index (χ0n) is 27.8. The van der Waals surface area contributed by atoms with Gasteiger partial charge in [-0.05, 0) is 75.9 Å². The van der Waals surface area contributed by atoms with Gasteiger partial charge in [0.15, 0.2) is 5.83 Å². The van der Waals surface area contributed by atoms with E-state index in [4.69, 9.17) is 10.7 Å². The summed E-state index contributed by atoms with van der Waals surface area (Å²) in [5.74, 6) is -0.480. The van der Waals surface area contributed by atoms with Crippen LogP contribution in [0.2, 0.25) is 0 Å². The Morgan fingerprint density at radius 2 is 1.72 bits per heavy atom. The van der Waals surface area contributed by atoms with E-state index < -0.39 is 11.6 Å². The van der Waals surface area contributed by atoms with E-state index in [-0.39, 0.29) is 16.9 Å². The number of aliphatic imine (C=N–C) groups is 3. The van der Waals surface area contributed by atoms with Crippen molar-refractivity contribution >= 4 is 35.1 Å². The maximum absolute atomic E-state index is 17.0. The standard InChI is InChI=1S/C35H41F2N7.C2H6/c1-23(24(2)38)29-21-43(17-9-16-42(29)4)34(39-3)27-20-40-32(26-12-5-10-25-11-6-13-28(36)30(25)26)31(37)33(27)41-22-35-14-7-18-44(35)19-8-15-35;1-2/h5-6,10-13,20H,2-3,7-9,14-19,21-22,38H2,1,4H3;1-2H3/b29-23-,34-27+,41-33?;. The van der Waals surface area contributed by atoms with E-state index in [9.17, 15) is 0 Å². The summed E-state index contributed by atoms with van der Waals surface area (Å²) >= 11 is 0. The number of nitrogens with two attached hydrogens (primary N) is 1. The number of benzene rings is 2. The first kappa shape index (κ1) is 33.3. The van der Waals surface area contributed by atoms with Gasteiger partial charge in [-0.25, -0.2) is 13.8 Å². The largest absolute Gasteiger partial charge is 0.399 e. The number of allylic oxidation sites excluding steroid dienone is 3. The van der Waals surface area contributed by atoms with Crippen molar-refractivity contribution in [2.45, 2.75) is 58.4 Å². The van der Waals surface area contributed by atoms with E-state index in [1.807, 2.05) is 40.0 Å². The van der Waals surface area contributed by atoms with Crippen molar-refractivity contribution < 1.29 is 8.78 Å². The van der Waals surface area contributed by atoms with Crippen LogP contribution in [0.25, 0.3) is 16.5 Å². The molecule has 2 aromatic rings. The Kier molecular flexibility index (Phi) is 10.2. The van der Waals surface area contributed by atoms with Crippen molar-refractivity contribution in [2.75, 3.05) is 46.3 Å². The van der Waals surface area contributed by atoms with Gasteiger partial charge in [0.25, 0.3) is 0 Å². The average Bonchev–Trinajstić information content (AvgIpc) is 3.58. The van der Waals surface area contributed by atoms with Gasteiger partial charge in [-0.1, -0.05) is 50.8 Å². The van der Waals surface area contributed by atoms with Gasteiger partial charge in [0, 0.05) is 54.2 Å². The first-order valence-electron chi connectivity index (χ1n) is 16.5. The smallest absolute Gasteiger partial charge is 0.175 e. The molecule has 0 saturated carbocycles. The van der Waals surface area contributed by atoms with Crippen molar-refractivity contribution in [3.05, 3.63) is 88.5 Å². The van der Waals surface area contributed by atoms with Crippen LogP contribution in [0.1, 0.15) is 58.4 Å². The molecule has 0 spiro atoms. The molecule has 6 rings (SSSR count). The molecule has 4 heterocycles. The van der Waals surface area contributed by atoms with E-state index in [0.717, 1.165) is 63.0 Å². The molecule has 0 radical (unpaired) electrons. The number of fused-ring (bicyclic) bond motifs is 2. The Morgan fingerprint density at radius 1 is 1.02 bits per heavy atom. The second kappa shape index (κ2) is 14.1. The van der Waals surface area contributed by atoms with E-state index in [2.05, 4.69) is 38.0 Å².